The first kappa shape index (κ1) is 3.55. The molecule has 0 aromatic carbocycles. The number of thiocarbonyl (C=S) groups is 1. The highest BCUT2D eigenvalue weighted by molar-refractivity contribution is 7.81. The molecule has 0 aliphatic carbocycles. The van der Waals surface area contributed by atoms with Crippen LogP contribution in [0.2, 0.25) is 0 Å². The first-order valence-electron chi connectivity index (χ1n) is 1.43. The van der Waals surface area contributed by atoms with Gasteiger partial charge in [0.2, 0.25) is 0 Å². The second kappa shape index (κ2) is 1.22. The largest absolute Gasteiger partial charge is 0.307 e. The molecule has 0 saturated carbocycles. The molecule has 1 aliphatic rings. The Balaban J connectivity index is 2.86. The van der Waals surface area contributed by atoms with Crippen molar-refractivity contribution in [2.75, 3.05) is 0 Å². The molecule has 0 fully saturated rings. The van der Waals surface area contributed by atoms with Crippen LogP contribution in [0, 0.1) is 0 Å². The zero-order valence-corrected chi connectivity index (χ0v) is 3.70. The van der Waals surface area contributed by atoms with Crippen LogP contribution in [0.1, 0.15) is 0 Å². The molecule has 0 saturated heterocycles. The summed E-state index contributed by atoms with van der Waals surface area (Å²) in [6.45, 7) is 0. The molecule has 1 N–H and O–H groups in total. The average molecular weight is 100 g/mol. The van der Waals surface area contributed by atoms with Gasteiger partial charge < -0.3 is 0 Å². The number of nitrogens with zero attached hydrogens (tertiary/aromatic N) is 2. The van der Waals surface area contributed by atoms with E-state index in [1.807, 2.05) is 0 Å². The van der Waals surface area contributed by atoms with Crippen LogP contribution in [-0.2, 0) is 0 Å². The summed E-state index contributed by atoms with van der Waals surface area (Å²) in [5.74, 6) is 0. The summed E-state index contributed by atoms with van der Waals surface area (Å²) in [4.78, 5) is 0.509. The molecule has 0 aromatic heterocycles. The van der Waals surface area contributed by atoms with Gasteiger partial charge in [-0.3, -0.25) is 0 Å². The quantitative estimate of drug-likeness (QED) is 0.383. The van der Waals surface area contributed by atoms with Crippen LogP contribution in [0.4, 0.5) is 0 Å². The van der Waals surface area contributed by atoms with Gasteiger partial charge in [0.25, 0.3) is 0 Å². The maximum atomic E-state index is 4.54. The predicted octanol–water partition coefficient (Wildman–Crippen LogP) is -1.15. The zero-order chi connectivity index (χ0) is 4.41. The van der Waals surface area contributed by atoms with Crippen molar-refractivity contribution in [3.63, 3.8) is 0 Å². The summed E-state index contributed by atoms with van der Waals surface area (Å²) < 4.78 is 0. The molecule has 0 unspecified atom stereocenters. The minimum atomic E-state index is 0.509. The highest BCUT2D eigenvalue weighted by atomic mass is 32.1. The monoisotopic (exact) mass is 100.0 g/mol. The van der Waals surface area contributed by atoms with Crippen LogP contribution >= 0.6 is 12.2 Å². The van der Waals surface area contributed by atoms with Gasteiger partial charge in [0, 0.05) is 0 Å². The van der Waals surface area contributed by atoms with E-state index in [9.17, 15) is 0 Å². The average Bonchev–Trinajstić information content (AvgIpc) is 1.86. The van der Waals surface area contributed by atoms with Gasteiger partial charge in [-0.25, -0.2) is 0 Å². The van der Waals surface area contributed by atoms with E-state index in [1.165, 1.54) is 0 Å². The van der Waals surface area contributed by atoms with Gasteiger partial charge in [0.05, 0.1) is 5.11 Å². The number of hydrogen-bond acceptors (Lipinski definition) is 2. The Morgan fingerprint density at radius 2 is 2.67 bits per heavy atom. The van der Waals surface area contributed by atoms with Gasteiger partial charge in [-0.2, -0.15) is 0 Å². The summed E-state index contributed by atoms with van der Waals surface area (Å²) in [5.41, 5.74) is 0. The maximum Gasteiger partial charge on any atom is 0.307 e. The highest BCUT2D eigenvalue weighted by Gasteiger charge is 2.01. The normalized spacial score (nSPS) is 17.0. The molecule has 0 radical (unpaired) electrons. The number of hydrogen-bond donors (Lipinski definition) is 1. The second-order valence-corrected chi connectivity index (χ2v) is 1.23. The van der Waals surface area contributed by atoms with E-state index in [4.69, 9.17) is 0 Å². The van der Waals surface area contributed by atoms with E-state index in [0.29, 0.717) is 4.99 Å². The third kappa shape index (κ3) is 0.463. The fourth-order valence-corrected chi connectivity index (χ4v) is 0.285. The molecular formula is C2H2N3S+. The van der Waals surface area contributed by atoms with Gasteiger partial charge in [0.15, 0.2) is 6.21 Å². The summed E-state index contributed by atoms with van der Waals surface area (Å²) in [5, 5.41) is 9.23. The molecule has 1 rings (SSSR count). The van der Waals surface area contributed by atoms with Crippen LogP contribution in [0.3, 0.4) is 0 Å². The van der Waals surface area contributed by atoms with Gasteiger partial charge in [-0.05, 0) is 12.2 Å². The second-order valence-electron chi connectivity index (χ2n) is 0.812. The molecular weight excluding hydrogens is 98.1 g/mol. The first-order valence-corrected chi connectivity index (χ1v) is 1.84. The molecule has 0 amide bonds. The number of rotatable bonds is 0. The summed E-state index contributed by atoms with van der Waals surface area (Å²) >= 11 is 4.54. The van der Waals surface area contributed by atoms with Crippen molar-refractivity contribution in [2.45, 2.75) is 0 Å². The molecule has 0 spiro atoms. The topological polar surface area (TPSA) is 38.7 Å². The number of nitrogens with one attached hydrogen (secondary N) is 1. The van der Waals surface area contributed by atoms with E-state index < -0.39 is 0 Å². The van der Waals surface area contributed by atoms with Crippen molar-refractivity contribution in [3.8, 4) is 0 Å². The fraction of sp³-hybridized carbons (Fsp3) is 0. The molecule has 0 atom stereocenters. The molecule has 1 heterocycles. The Labute approximate surface area is 39.8 Å². The third-order valence-corrected chi connectivity index (χ3v) is 0.594. The zero-order valence-electron chi connectivity index (χ0n) is 2.88. The fourth-order valence-electron chi connectivity index (χ4n) is 0.191. The Morgan fingerprint density at radius 3 is 2.83 bits per heavy atom. The molecule has 0 aromatic rings. The smallest absolute Gasteiger partial charge is 0.145 e. The van der Waals surface area contributed by atoms with Crippen LogP contribution < -0.4 is 5.10 Å². The summed E-state index contributed by atoms with van der Waals surface area (Å²) in [6.07, 6.45) is 1.55. The van der Waals surface area contributed by atoms with Crippen LogP contribution in [0.15, 0.2) is 10.3 Å². The molecule has 4 heteroatoms. The first-order chi connectivity index (χ1) is 2.89. The van der Waals surface area contributed by atoms with E-state index in [2.05, 4.69) is 27.7 Å². The Hall–Kier alpha value is -0.640. The third-order valence-electron chi connectivity index (χ3n) is 0.394. The minimum absolute atomic E-state index is 0.509. The van der Waals surface area contributed by atoms with Crippen molar-refractivity contribution in [3.05, 3.63) is 0 Å². The van der Waals surface area contributed by atoms with E-state index >= 15 is 0 Å². The van der Waals surface area contributed by atoms with E-state index in [1.54, 1.807) is 6.21 Å². The minimum Gasteiger partial charge on any atom is -0.145 e. The molecule has 30 valence electrons. The van der Waals surface area contributed by atoms with Crippen molar-refractivity contribution in [1.29, 1.82) is 0 Å². The predicted molar refractivity (Wildman–Crippen MR) is 24.5 cm³/mol. The van der Waals surface area contributed by atoms with Crippen molar-refractivity contribution >= 4 is 23.4 Å². The van der Waals surface area contributed by atoms with Crippen LogP contribution in [0.5, 0.6) is 0 Å². The highest BCUT2D eigenvalue weighted by Crippen LogP contribution is 1.72. The Kier molecular flexibility index (Phi) is 0.719. The van der Waals surface area contributed by atoms with Gasteiger partial charge in [0.1, 0.15) is 5.22 Å². The summed E-state index contributed by atoms with van der Waals surface area (Å²) in [6, 6.07) is 0. The lowest BCUT2D eigenvalue weighted by Crippen LogP contribution is -2.59. The molecule has 3 nitrogen and oxygen atoms in total. The van der Waals surface area contributed by atoms with E-state index in [-0.39, 0.29) is 0 Å². The molecule has 0 bridgehead atoms. The Morgan fingerprint density at radius 1 is 1.83 bits per heavy atom. The maximum absolute atomic E-state index is 4.54. The van der Waals surface area contributed by atoms with Crippen LogP contribution in [-0.4, -0.2) is 11.2 Å². The van der Waals surface area contributed by atoms with Crippen molar-refractivity contribution in [1.82, 2.24) is 0 Å². The van der Waals surface area contributed by atoms with Gasteiger partial charge in [-0.1, -0.05) is 0 Å². The molecule has 6 heavy (non-hydrogen) atoms. The lowest BCUT2D eigenvalue weighted by molar-refractivity contribution is -0.460. The standard InChI is InChI=1S/C2HN3S/c6-2-1-3-5-4-2/h1H/p+1. The molecule has 1 aliphatic heterocycles. The Bertz CT molecular complexity index is 111. The van der Waals surface area contributed by atoms with Gasteiger partial charge >= 0.3 is 4.99 Å². The SMILES string of the molecule is S=C1C=[NH+]N=N1. The van der Waals surface area contributed by atoms with Crippen molar-refractivity contribution in [2.24, 2.45) is 10.3 Å². The van der Waals surface area contributed by atoms with Crippen LogP contribution in [0.25, 0.3) is 0 Å². The van der Waals surface area contributed by atoms with Crippen molar-refractivity contribution < 1.29 is 5.10 Å². The van der Waals surface area contributed by atoms with Gasteiger partial charge in [-0.15, -0.1) is 5.10 Å². The lowest BCUT2D eigenvalue weighted by atomic mass is 10.8. The summed E-state index contributed by atoms with van der Waals surface area (Å²) in [7, 11) is 0. The lowest BCUT2D eigenvalue weighted by Gasteiger charge is -1.47. The van der Waals surface area contributed by atoms with E-state index in [0.717, 1.165) is 0 Å².